The second-order valence-electron chi connectivity index (χ2n) is 3.70. The summed E-state index contributed by atoms with van der Waals surface area (Å²) in [6.45, 7) is 0.997. The largest absolute Gasteiger partial charge is 0.467 e. The molecule has 0 aromatic carbocycles. The van der Waals surface area contributed by atoms with E-state index < -0.39 is 12.0 Å². The van der Waals surface area contributed by atoms with E-state index in [1.165, 1.54) is 12.0 Å². The van der Waals surface area contributed by atoms with Gasteiger partial charge in [0.2, 0.25) is 0 Å². The Morgan fingerprint density at radius 3 is 3.06 bits per heavy atom. The summed E-state index contributed by atoms with van der Waals surface area (Å²) in [5, 5.41) is 0. The van der Waals surface area contributed by atoms with Crippen LogP contribution in [0.15, 0.2) is 18.3 Å². The highest BCUT2D eigenvalue weighted by molar-refractivity contribution is 5.95. The van der Waals surface area contributed by atoms with Gasteiger partial charge in [0, 0.05) is 12.7 Å². The molecule has 1 atom stereocenters. The van der Waals surface area contributed by atoms with Gasteiger partial charge in [-0.1, -0.05) is 0 Å². The summed E-state index contributed by atoms with van der Waals surface area (Å²) in [6.07, 6.45) is 1.67. The Kier molecular flexibility index (Phi) is 3.43. The molecule has 1 unspecified atom stereocenters. The molecule has 1 fully saturated rings. The van der Waals surface area contributed by atoms with Gasteiger partial charge in [-0.2, -0.15) is 0 Å². The van der Waals surface area contributed by atoms with E-state index in [2.05, 4.69) is 9.72 Å². The molecule has 1 amide bonds. The van der Waals surface area contributed by atoms with Crippen LogP contribution in [0, 0.1) is 0 Å². The number of amides is 1. The van der Waals surface area contributed by atoms with Crippen molar-refractivity contribution < 1.29 is 19.1 Å². The molecule has 6 heteroatoms. The number of ether oxygens (including phenoxy) is 2. The molecule has 2 heterocycles. The Labute approximate surface area is 98.5 Å². The lowest BCUT2D eigenvalue weighted by Crippen LogP contribution is -2.53. The van der Waals surface area contributed by atoms with E-state index in [4.69, 9.17) is 4.74 Å². The van der Waals surface area contributed by atoms with Crippen LogP contribution in [-0.4, -0.2) is 54.7 Å². The zero-order valence-corrected chi connectivity index (χ0v) is 9.51. The number of nitrogens with zero attached hydrogens (tertiary/aromatic N) is 1. The number of aromatic amines is 1. The molecule has 2 rings (SSSR count). The second kappa shape index (κ2) is 5.01. The van der Waals surface area contributed by atoms with Crippen LogP contribution in [0.2, 0.25) is 0 Å². The summed E-state index contributed by atoms with van der Waals surface area (Å²) >= 11 is 0. The van der Waals surface area contributed by atoms with Gasteiger partial charge in [0.25, 0.3) is 5.91 Å². The highest BCUT2D eigenvalue weighted by Crippen LogP contribution is 2.12. The van der Waals surface area contributed by atoms with E-state index in [9.17, 15) is 9.59 Å². The quantitative estimate of drug-likeness (QED) is 0.738. The molecule has 0 aliphatic carbocycles. The normalized spacial score (nSPS) is 20.1. The van der Waals surface area contributed by atoms with Crippen molar-refractivity contribution in [2.75, 3.05) is 26.9 Å². The van der Waals surface area contributed by atoms with Crippen molar-refractivity contribution >= 4 is 11.9 Å². The lowest BCUT2D eigenvalue weighted by atomic mass is 10.2. The Bertz CT molecular complexity index is 402. The third kappa shape index (κ3) is 2.31. The van der Waals surface area contributed by atoms with Crippen molar-refractivity contribution in [3.8, 4) is 0 Å². The number of morpholine rings is 1. The molecule has 17 heavy (non-hydrogen) atoms. The molecule has 1 aliphatic rings. The molecule has 0 spiro atoms. The fraction of sp³-hybridized carbons (Fsp3) is 0.455. The maximum atomic E-state index is 12.1. The monoisotopic (exact) mass is 238 g/mol. The number of carbonyl (C=O) groups excluding carboxylic acids is 2. The Hall–Kier alpha value is -1.82. The van der Waals surface area contributed by atoms with Crippen LogP contribution < -0.4 is 0 Å². The molecular formula is C11H14N2O4. The maximum absolute atomic E-state index is 12.1. The number of H-pyrrole nitrogens is 1. The van der Waals surface area contributed by atoms with E-state index in [0.29, 0.717) is 18.8 Å². The van der Waals surface area contributed by atoms with Crippen LogP contribution >= 0.6 is 0 Å². The molecule has 0 bridgehead atoms. The van der Waals surface area contributed by atoms with Crippen LogP contribution in [-0.2, 0) is 14.3 Å². The zero-order chi connectivity index (χ0) is 12.3. The molecule has 6 nitrogen and oxygen atoms in total. The zero-order valence-electron chi connectivity index (χ0n) is 9.51. The lowest BCUT2D eigenvalue weighted by molar-refractivity contribution is -0.151. The molecule has 1 N–H and O–H groups in total. The second-order valence-corrected chi connectivity index (χ2v) is 3.70. The minimum absolute atomic E-state index is 0.180. The first kappa shape index (κ1) is 11.7. The SMILES string of the molecule is COC(=O)C1COCCN1C(=O)c1ccc[nH]1. The van der Waals surface area contributed by atoms with Gasteiger partial charge in [0.05, 0.1) is 20.3 Å². The van der Waals surface area contributed by atoms with Crippen molar-refractivity contribution in [1.82, 2.24) is 9.88 Å². The van der Waals surface area contributed by atoms with E-state index in [1.807, 2.05) is 0 Å². The maximum Gasteiger partial charge on any atom is 0.331 e. The predicted molar refractivity (Wildman–Crippen MR) is 58.5 cm³/mol. The molecule has 1 saturated heterocycles. The number of esters is 1. The highest BCUT2D eigenvalue weighted by atomic mass is 16.5. The van der Waals surface area contributed by atoms with Gasteiger partial charge in [-0.15, -0.1) is 0 Å². The molecular weight excluding hydrogens is 224 g/mol. The van der Waals surface area contributed by atoms with Gasteiger partial charge in [-0.25, -0.2) is 4.79 Å². The van der Waals surface area contributed by atoms with Gasteiger partial charge in [0.1, 0.15) is 5.69 Å². The van der Waals surface area contributed by atoms with Gasteiger partial charge >= 0.3 is 5.97 Å². The molecule has 0 radical (unpaired) electrons. The number of rotatable bonds is 2. The van der Waals surface area contributed by atoms with Gasteiger partial charge < -0.3 is 19.4 Å². The fourth-order valence-electron chi connectivity index (χ4n) is 1.80. The number of hydrogen-bond acceptors (Lipinski definition) is 4. The van der Waals surface area contributed by atoms with E-state index >= 15 is 0 Å². The molecule has 1 aromatic heterocycles. The average Bonchev–Trinajstić information content (AvgIpc) is 2.91. The highest BCUT2D eigenvalue weighted by Gasteiger charge is 2.34. The standard InChI is InChI=1S/C11H14N2O4/c1-16-11(15)9-7-17-6-5-13(9)10(14)8-3-2-4-12-8/h2-4,9,12H,5-7H2,1H3. The Morgan fingerprint density at radius 2 is 2.41 bits per heavy atom. The fourth-order valence-corrected chi connectivity index (χ4v) is 1.80. The van der Waals surface area contributed by atoms with E-state index in [1.54, 1.807) is 18.3 Å². The van der Waals surface area contributed by atoms with Crippen LogP contribution in [0.1, 0.15) is 10.5 Å². The first-order chi connectivity index (χ1) is 8.24. The third-order valence-electron chi connectivity index (χ3n) is 2.69. The summed E-state index contributed by atoms with van der Waals surface area (Å²) in [7, 11) is 1.30. The van der Waals surface area contributed by atoms with Crippen molar-refractivity contribution in [1.29, 1.82) is 0 Å². The average molecular weight is 238 g/mol. The predicted octanol–water partition coefficient (Wildman–Crippen LogP) is 0.0287. The number of methoxy groups -OCH3 is 1. The lowest BCUT2D eigenvalue weighted by Gasteiger charge is -2.33. The Balaban J connectivity index is 2.16. The first-order valence-electron chi connectivity index (χ1n) is 5.34. The number of carbonyl (C=O) groups is 2. The minimum Gasteiger partial charge on any atom is -0.467 e. The summed E-state index contributed by atoms with van der Waals surface area (Å²) < 4.78 is 9.86. The van der Waals surface area contributed by atoms with Gasteiger partial charge in [-0.05, 0) is 12.1 Å². The first-order valence-corrected chi connectivity index (χ1v) is 5.34. The van der Waals surface area contributed by atoms with Crippen molar-refractivity contribution in [3.63, 3.8) is 0 Å². The van der Waals surface area contributed by atoms with Crippen molar-refractivity contribution in [2.24, 2.45) is 0 Å². The van der Waals surface area contributed by atoms with E-state index in [-0.39, 0.29) is 12.5 Å². The molecule has 92 valence electrons. The van der Waals surface area contributed by atoms with Crippen LogP contribution in [0.4, 0.5) is 0 Å². The van der Waals surface area contributed by atoms with Crippen LogP contribution in [0.25, 0.3) is 0 Å². The topological polar surface area (TPSA) is 71.6 Å². The van der Waals surface area contributed by atoms with Gasteiger partial charge in [0.15, 0.2) is 6.04 Å². The molecule has 1 aliphatic heterocycles. The van der Waals surface area contributed by atoms with Crippen molar-refractivity contribution in [2.45, 2.75) is 6.04 Å². The molecule has 0 saturated carbocycles. The smallest absolute Gasteiger partial charge is 0.331 e. The Morgan fingerprint density at radius 1 is 1.59 bits per heavy atom. The number of hydrogen-bond donors (Lipinski definition) is 1. The van der Waals surface area contributed by atoms with Crippen LogP contribution in [0.5, 0.6) is 0 Å². The van der Waals surface area contributed by atoms with Crippen LogP contribution in [0.3, 0.4) is 0 Å². The summed E-state index contributed by atoms with van der Waals surface area (Å²) in [5.41, 5.74) is 0.459. The van der Waals surface area contributed by atoms with Crippen molar-refractivity contribution in [3.05, 3.63) is 24.0 Å². The van der Waals surface area contributed by atoms with E-state index in [0.717, 1.165) is 0 Å². The summed E-state index contributed by atoms with van der Waals surface area (Å²) in [6, 6.07) is 2.75. The summed E-state index contributed by atoms with van der Waals surface area (Å²) in [4.78, 5) is 28.0. The third-order valence-corrected chi connectivity index (χ3v) is 2.69. The molecule has 1 aromatic rings. The van der Waals surface area contributed by atoms with Gasteiger partial charge in [-0.3, -0.25) is 4.79 Å². The minimum atomic E-state index is -0.662. The summed E-state index contributed by atoms with van der Waals surface area (Å²) in [5.74, 6) is -0.668. The number of aromatic nitrogens is 1. The number of nitrogens with one attached hydrogen (secondary N) is 1.